The molecule has 0 amide bonds. The number of nitrogens with zero attached hydrogens (tertiary/aromatic N) is 3. The highest BCUT2D eigenvalue weighted by Crippen LogP contribution is 2.38. The Morgan fingerprint density at radius 3 is 2.75 bits per heavy atom. The maximum atomic E-state index is 12.5. The van der Waals surface area contributed by atoms with Crippen molar-refractivity contribution in [2.45, 2.75) is 56.3 Å². The van der Waals surface area contributed by atoms with Gasteiger partial charge < -0.3 is 9.67 Å². The quantitative estimate of drug-likeness (QED) is 0.645. The van der Waals surface area contributed by atoms with Gasteiger partial charge in [0.25, 0.3) is 0 Å². The van der Waals surface area contributed by atoms with E-state index in [4.69, 9.17) is 0 Å². The van der Waals surface area contributed by atoms with E-state index in [2.05, 4.69) is 22.3 Å². The van der Waals surface area contributed by atoms with Crippen LogP contribution in [0.5, 0.6) is 0 Å². The molecule has 0 spiro atoms. The van der Waals surface area contributed by atoms with Gasteiger partial charge in [0, 0.05) is 11.6 Å². The molecule has 5 nitrogen and oxygen atoms in total. The Hall–Kier alpha value is -1.66. The van der Waals surface area contributed by atoms with Crippen LogP contribution in [0, 0.1) is 0 Å². The zero-order valence-corrected chi connectivity index (χ0v) is 14.4. The number of aromatic nitrogens is 3. The Kier molecular flexibility index (Phi) is 4.41. The van der Waals surface area contributed by atoms with Gasteiger partial charge in [-0.2, -0.15) is 0 Å². The first-order valence-electron chi connectivity index (χ1n) is 8.58. The molecule has 0 radical (unpaired) electrons. The minimum atomic E-state index is -0.108. The van der Waals surface area contributed by atoms with Crippen LogP contribution < -0.4 is 0 Å². The van der Waals surface area contributed by atoms with Gasteiger partial charge in [0.05, 0.1) is 5.75 Å². The largest absolute Gasteiger partial charge is 0.388 e. The standard InChI is InChI=1S/C18H21N3O2S/c22-10-17-19-20-18(21(17)15-7-8-15)24-11-16(23)14-6-5-12-3-1-2-4-13(12)9-14/h5-6,9,15,22H,1-4,7-8,10-11H2. The van der Waals surface area contributed by atoms with E-state index in [-0.39, 0.29) is 12.4 Å². The van der Waals surface area contributed by atoms with Gasteiger partial charge >= 0.3 is 0 Å². The molecule has 4 rings (SSSR count). The number of aryl methyl sites for hydroxylation is 2. The lowest BCUT2D eigenvalue weighted by molar-refractivity contribution is 0.102. The molecule has 2 aliphatic rings. The van der Waals surface area contributed by atoms with Crippen molar-refractivity contribution in [2.24, 2.45) is 0 Å². The van der Waals surface area contributed by atoms with Crippen LogP contribution in [0.25, 0.3) is 0 Å². The van der Waals surface area contributed by atoms with Gasteiger partial charge in [-0.15, -0.1) is 10.2 Å². The van der Waals surface area contributed by atoms with Gasteiger partial charge in [-0.1, -0.05) is 23.9 Å². The first-order valence-corrected chi connectivity index (χ1v) is 9.57. The van der Waals surface area contributed by atoms with Crippen LogP contribution in [0.15, 0.2) is 23.4 Å². The molecule has 0 bridgehead atoms. The van der Waals surface area contributed by atoms with Gasteiger partial charge in [-0.05, 0) is 55.7 Å². The number of ketones is 1. The van der Waals surface area contributed by atoms with Crippen molar-refractivity contribution in [3.8, 4) is 0 Å². The number of benzene rings is 1. The summed E-state index contributed by atoms with van der Waals surface area (Å²) in [6.07, 6.45) is 6.87. The number of thioether (sulfide) groups is 1. The maximum absolute atomic E-state index is 12.5. The normalized spacial score (nSPS) is 16.9. The van der Waals surface area contributed by atoms with Crippen molar-refractivity contribution in [3.63, 3.8) is 0 Å². The minimum Gasteiger partial charge on any atom is -0.388 e. The van der Waals surface area contributed by atoms with E-state index < -0.39 is 0 Å². The number of carbonyl (C=O) groups excluding carboxylic acids is 1. The van der Waals surface area contributed by atoms with Crippen LogP contribution in [0.4, 0.5) is 0 Å². The number of hydrogen-bond acceptors (Lipinski definition) is 5. The number of rotatable bonds is 6. The number of Topliss-reactive ketones (excluding diaryl/α,β-unsaturated/α-hetero) is 1. The van der Waals surface area contributed by atoms with E-state index in [1.165, 1.54) is 35.7 Å². The number of aliphatic hydroxyl groups is 1. The fourth-order valence-corrected chi connectivity index (χ4v) is 4.25. The highest BCUT2D eigenvalue weighted by molar-refractivity contribution is 7.99. The van der Waals surface area contributed by atoms with E-state index in [0.29, 0.717) is 17.6 Å². The Morgan fingerprint density at radius 2 is 2.00 bits per heavy atom. The molecule has 6 heteroatoms. The molecule has 1 heterocycles. The van der Waals surface area contributed by atoms with E-state index in [1.807, 2.05) is 10.6 Å². The van der Waals surface area contributed by atoms with Gasteiger partial charge in [0.1, 0.15) is 6.61 Å². The summed E-state index contributed by atoms with van der Waals surface area (Å²) >= 11 is 1.42. The molecule has 24 heavy (non-hydrogen) atoms. The molecular weight excluding hydrogens is 322 g/mol. The highest BCUT2D eigenvalue weighted by atomic mass is 32.2. The molecule has 2 aliphatic carbocycles. The summed E-state index contributed by atoms with van der Waals surface area (Å²) in [7, 11) is 0. The second-order valence-corrected chi connectivity index (χ2v) is 7.50. The fraction of sp³-hybridized carbons (Fsp3) is 0.500. The summed E-state index contributed by atoms with van der Waals surface area (Å²) in [4.78, 5) is 12.5. The zero-order valence-electron chi connectivity index (χ0n) is 13.6. The number of carbonyl (C=O) groups is 1. The topological polar surface area (TPSA) is 68.0 Å². The lowest BCUT2D eigenvalue weighted by Gasteiger charge is -2.16. The Balaban J connectivity index is 1.46. The number of hydrogen-bond donors (Lipinski definition) is 1. The molecule has 0 saturated heterocycles. The Bertz CT molecular complexity index is 768. The third-order valence-corrected chi connectivity index (χ3v) is 5.73. The van der Waals surface area contributed by atoms with E-state index in [0.717, 1.165) is 36.4 Å². The molecule has 2 aromatic rings. The first-order chi connectivity index (χ1) is 11.8. The second-order valence-electron chi connectivity index (χ2n) is 6.56. The van der Waals surface area contributed by atoms with Crippen molar-refractivity contribution in [2.75, 3.05) is 5.75 Å². The highest BCUT2D eigenvalue weighted by Gasteiger charge is 2.29. The SMILES string of the molecule is O=C(CSc1nnc(CO)n1C1CC1)c1ccc2c(c1)CCCC2. The van der Waals surface area contributed by atoms with Crippen LogP contribution in [0.1, 0.15) is 59.0 Å². The molecular formula is C18H21N3O2S. The third kappa shape index (κ3) is 3.13. The van der Waals surface area contributed by atoms with Gasteiger partial charge in [0.15, 0.2) is 16.8 Å². The van der Waals surface area contributed by atoms with Crippen LogP contribution >= 0.6 is 11.8 Å². The Labute approximate surface area is 145 Å². The average molecular weight is 343 g/mol. The van der Waals surface area contributed by atoms with Crippen LogP contribution in [0.3, 0.4) is 0 Å². The van der Waals surface area contributed by atoms with Crippen LogP contribution in [0.2, 0.25) is 0 Å². The summed E-state index contributed by atoms with van der Waals surface area (Å²) < 4.78 is 1.99. The van der Waals surface area contributed by atoms with Gasteiger partial charge in [-0.25, -0.2) is 0 Å². The summed E-state index contributed by atoms with van der Waals surface area (Å²) in [5.41, 5.74) is 3.52. The lowest BCUT2D eigenvalue weighted by Crippen LogP contribution is -2.09. The van der Waals surface area contributed by atoms with E-state index in [9.17, 15) is 9.90 Å². The number of fused-ring (bicyclic) bond motifs is 1. The molecule has 0 aliphatic heterocycles. The Morgan fingerprint density at radius 1 is 1.21 bits per heavy atom. The lowest BCUT2D eigenvalue weighted by atomic mass is 9.90. The first kappa shape index (κ1) is 15.8. The van der Waals surface area contributed by atoms with Crippen molar-refractivity contribution < 1.29 is 9.90 Å². The molecule has 1 aromatic heterocycles. The summed E-state index contributed by atoms with van der Waals surface area (Å²) in [6, 6.07) is 6.53. The van der Waals surface area contributed by atoms with Gasteiger partial charge in [0.2, 0.25) is 0 Å². The smallest absolute Gasteiger partial charge is 0.191 e. The molecule has 0 atom stereocenters. The monoisotopic (exact) mass is 343 g/mol. The van der Waals surface area contributed by atoms with Gasteiger partial charge in [-0.3, -0.25) is 4.79 Å². The van der Waals surface area contributed by atoms with Crippen LogP contribution in [-0.4, -0.2) is 31.4 Å². The average Bonchev–Trinajstić information content (AvgIpc) is 3.38. The molecule has 1 fully saturated rings. The molecule has 0 unspecified atom stereocenters. The molecule has 1 N–H and O–H groups in total. The summed E-state index contributed by atoms with van der Waals surface area (Å²) in [5.74, 6) is 1.08. The van der Waals surface area contributed by atoms with Crippen molar-refractivity contribution >= 4 is 17.5 Å². The van der Waals surface area contributed by atoms with Crippen molar-refractivity contribution in [1.29, 1.82) is 0 Å². The second kappa shape index (κ2) is 6.69. The third-order valence-electron chi connectivity index (χ3n) is 4.79. The van der Waals surface area contributed by atoms with Crippen molar-refractivity contribution in [3.05, 3.63) is 40.7 Å². The number of aliphatic hydroxyl groups excluding tert-OH is 1. The summed E-state index contributed by atoms with van der Waals surface area (Å²) in [6.45, 7) is -0.108. The van der Waals surface area contributed by atoms with E-state index in [1.54, 1.807) is 0 Å². The molecule has 126 valence electrons. The predicted molar refractivity (Wildman–Crippen MR) is 92.4 cm³/mol. The fourth-order valence-electron chi connectivity index (χ4n) is 3.33. The molecule has 1 aromatic carbocycles. The van der Waals surface area contributed by atoms with Crippen molar-refractivity contribution in [1.82, 2.24) is 14.8 Å². The van der Waals surface area contributed by atoms with Crippen LogP contribution in [-0.2, 0) is 19.4 Å². The van der Waals surface area contributed by atoms with E-state index >= 15 is 0 Å². The minimum absolute atomic E-state index is 0.108. The summed E-state index contributed by atoms with van der Waals surface area (Å²) in [5, 5.41) is 18.3. The maximum Gasteiger partial charge on any atom is 0.191 e. The molecule has 1 saturated carbocycles. The predicted octanol–water partition coefficient (Wildman–Crippen LogP) is 2.96. The zero-order chi connectivity index (χ0) is 16.5.